The van der Waals surface area contributed by atoms with Gasteiger partial charge in [-0.1, -0.05) is 43.2 Å². The monoisotopic (exact) mass is 418 g/mol. The lowest BCUT2D eigenvalue weighted by atomic mass is 9.78. The van der Waals surface area contributed by atoms with Crippen molar-refractivity contribution in [3.05, 3.63) is 82.1 Å². The molecule has 1 saturated carbocycles. The molecule has 3 aromatic rings. The zero-order chi connectivity index (χ0) is 21.6. The third-order valence-electron chi connectivity index (χ3n) is 6.13. The van der Waals surface area contributed by atoms with E-state index in [2.05, 4.69) is 10.3 Å². The number of H-pyrrole nitrogens is 1. The molecule has 1 aliphatic heterocycles. The molecule has 5 rings (SSSR count). The van der Waals surface area contributed by atoms with Crippen molar-refractivity contribution in [3.63, 3.8) is 0 Å². The smallest absolute Gasteiger partial charge is 0.404 e. The summed E-state index contributed by atoms with van der Waals surface area (Å²) in [5.41, 5.74) is 0.825. The largest absolute Gasteiger partial charge is 0.419 e. The molecular weight excluding hydrogens is 399 g/mol. The van der Waals surface area contributed by atoms with Crippen molar-refractivity contribution in [2.24, 2.45) is 0 Å². The van der Waals surface area contributed by atoms with Crippen molar-refractivity contribution in [2.75, 3.05) is 0 Å². The van der Waals surface area contributed by atoms with Gasteiger partial charge in [-0.25, -0.2) is 9.18 Å². The van der Waals surface area contributed by atoms with Gasteiger partial charge in [-0.15, -0.1) is 0 Å². The number of rotatable bonds is 3. The number of ether oxygens (including phenoxy) is 1. The standard InChI is InChI=1S/C24H19FN2O4/c25-18-5-3-4-14-6-7-15(12-16(14)18)19-9-8-17(21(28)26-19)24(10-1-2-11-24)13-20-22(29)27-23(30)31-20/h3-9,12-13H,1-2,10-11H2,(H,26,28)(H,27,29,30). The lowest BCUT2D eigenvalue weighted by Gasteiger charge is -2.25. The first kappa shape index (κ1) is 19.2. The summed E-state index contributed by atoms with van der Waals surface area (Å²) in [6, 6.07) is 13.8. The molecule has 0 bridgehead atoms. The van der Waals surface area contributed by atoms with Crippen LogP contribution in [0.4, 0.5) is 9.18 Å². The van der Waals surface area contributed by atoms with E-state index in [9.17, 15) is 18.8 Å². The molecule has 2 aliphatic rings. The quantitative estimate of drug-likeness (QED) is 0.621. The van der Waals surface area contributed by atoms with E-state index >= 15 is 0 Å². The second kappa shape index (κ2) is 7.19. The number of imide groups is 1. The lowest BCUT2D eigenvalue weighted by molar-refractivity contribution is -0.116. The molecule has 0 radical (unpaired) electrons. The maximum absolute atomic E-state index is 14.2. The van der Waals surface area contributed by atoms with E-state index < -0.39 is 17.4 Å². The third kappa shape index (κ3) is 3.32. The van der Waals surface area contributed by atoms with Gasteiger partial charge >= 0.3 is 6.09 Å². The van der Waals surface area contributed by atoms with Crippen molar-refractivity contribution in [1.82, 2.24) is 10.3 Å². The maximum atomic E-state index is 14.2. The number of halogens is 1. The van der Waals surface area contributed by atoms with E-state index in [1.807, 2.05) is 18.2 Å². The van der Waals surface area contributed by atoms with Crippen LogP contribution in [0.5, 0.6) is 0 Å². The van der Waals surface area contributed by atoms with Gasteiger partial charge in [0.25, 0.3) is 11.5 Å². The van der Waals surface area contributed by atoms with Crippen molar-refractivity contribution in [3.8, 4) is 11.3 Å². The Kier molecular flexibility index (Phi) is 4.46. The van der Waals surface area contributed by atoms with E-state index in [4.69, 9.17) is 4.74 Å². The molecule has 2 amide bonds. The van der Waals surface area contributed by atoms with Gasteiger partial charge in [0.1, 0.15) is 5.82 Å². The van der Waals surface area contributed by atoms with E-state index in [0.717, 1.165) is 18.2 Å². The number of carbonyl (C=O) groups excluding carboxylic acids is 2. The number of pyridine rings is 1. The van der Waals surface area contributed by atoms with Crippen LogP contribution in [0.2, 0.25) is 0 Å². The highest BCUT2D eigenvalue weighted by Gasteiger charge is 2.39. The van der Waals surface area contributed by atoms with Gasteiger partial charge in [0.2, 0.25) is 0 Å². The number of alkyl carbamates (subject to hydrolysis) is 1. The topological polar surface area (TPSA) is 88.3 Å². The molecule has 6 nitrogen and oxygen atoms in total. The van der Waals surface area contributed by atoms with Gasteiger partial charge in [0.15, 0.2) is 5.76 Å². The molecule has 2 fully saturated rings. The first-order valence-corrected chi connectivity index (χ1v) is 10.1. The number of aromatic amines is 1. The summed E-state index contributed by atoms with van der Waals surface area (Å²) in [4.78, 5) is 39.3. The average Bonchev–Trinajstić information content (AvgIpc) is 3.34. The van der Waals surface area contributed by atoms with E-state index in [-0.39, 0.29) is 17.1 Å². The fraction of sp³-hybridized carbons (Fsp3) is 0.208. The second-order valence-electron chi connectivity index (χ2n) is 8.01. The number of amides is 2. The number of benzene rings is 2. The second-order valence-corrected chi connectivity index (χ2v) is 8.01. The van der Waals surface area contributed by atoms with Crippen LogP contribution in [0.15, 0.2) is 65.2 Å². The maximum Gasteiger partial charge on any atom is 0.419 e. The SMILES string of the molecule is O=C1NC(=O)C(=CC2(c3ccc(-c4ccc5cccc(F)c5c4)[nH]c3=O)CCCC2)O1. The number of hydrogen-bond acceptors (Lipinski definition) is 4. The Balaban J connectivity index is 1.57. The molecule has 1 aromatic heterocycles. The molecule has 156 valence electrons. The molecule has 1 saturated heterocycles. The van der Waals surface area contributed by atoms with Crippen molar-refractivity contribution >= 4 is 22.8 Å². The van der Waals surface area contributed by atoms with Crippen LogP contribution in [0.1, 0.15) is 31.2 Å². The van der Waals surface area contributed by atoms with Crippen LogP contribution in [-0.4, -0.2) is 17.0 Å². The van der Waals surface area contributed by atoms with E-state index in [1.165, 1.54) is 6.07 Å². The van der Waals surface area contributed by atoms with Crippen molar-refractivity contribution in [1.29, 1.82) is 0 Å². The van der Waals surface area contributed by atoms with Crippen LogP contribution in [-0.2, 0) is 14.9 Å². The minimum absolute atomic E-state index is 0.0691. The molecule has 1 aliphatic carbocycles. The third-order valence-corrected chi connectivity index (χ3v) is 6.13. The molecule has 0 unspecified atom stereocenters. The average molecular weight is 418 g/mol. The van der Waals surface area contributed by atoms with Gasteiger partial charge in [-0.2, -0.15) is 0 Å². The van der Waals surface area contributed by atoms with Crippen LogP contribution < -0.4 is 10.9 Å². The van der Waals surface area contributed by atoms with Gasteiger partial charge in [0.05, 0.1) is 0 Å². The summed E-state index contributed by atoms with van der Waals surface area (Å²) in [5, 5.41) is 3.35. The highest BCUT2D eigenvalue weighted by molar-refractivity contribution is 6.07. The first-order valence-electron chi connectivity index (χ1n) is 10.1. The molecule has 2 N–H and O–H groups in total. The molecule has 0 atom stereocenters. The van der Waals surface area contributed by atoms with Gasteiger partial charge < -0.3 is 9.72 Å². The minimum Gasteiger partial charge on any atom is -0.404 e. The zero-order valence-corrected chi connectivity index (χ0v) is 16.5. The summed E-state index contributed by atoms with van der Waals surface area (Å²) in [5.74, 6) is -0.984. The number of hydrogen-bond donors (Lipinski definition) is 2. The minimum atomic E-state index is -0.808. The Labute approximate surface area is 176 Å². The number of fused-ring (bicyclic) bond motifs is 1. The van der Waals surface area contributed by atoms with Crippen molar-refractivity contribution < 1.29 is 18.7 Å². The summed E-state index contributed by atoms with van der Waals surface area (Å²) < 4.78 is 19.2. The highest BCUT2D eigenvalue weighted by atomic mass is 19.1. The number of carbonyl (C=O) groups is 2. The van der Waals surface area contributed by atoms with Crippen LogP contribution in [0.25, 0.3) is 22.0 Å². The first-order chi connectivity index (χ1) is 14.9. The summed E-state index contributed by atoms with van der Waals surface area (Å²) >= 11 is 0. The van der Waals surface area contributed by atoms with Crippen LogP contribution in [0.3, 0.4) is 0 Å². The molecule has 7 heteroatoms. The van der Waals surface area contributed by atoms with E-state index in [0.29, 0.717) is 35.0 Å². The summed E-state index contributed by atoms with van der Waals surface area (Å²) in [6.45, 7) is 0. The van der Waals surface area contributed by atoms with Crippen molar-refractivity contribution in [2.45, 2.75) is 31.1 Å². The fourth-order valence-corrected chi connectivity index (χ4v) is 4.61. The summed E-state index contributed by atoms with van der Waals surface area (Å²) in [6.07, 6.45) is 3.93. The predicted octanol–water partition coefficient (Wildman–Crippen LogP) is 4.30. The number of cyclic esters (lactones) is 1. The van der Waals surface area contributed by atoms with Crippen LogP contribution in [0, 0.1) is 5.82 Å². The zero-order valence-electron chi connectivity index (χ0n) is 16.5. The Hall–Kier alpha value is -3.74. The molecule has 2 heterocycles. The highest BCUT2D eigenvalue weighted by Crippen LogP contribution is 2.42. The van der Waals surface area contributed by atoms with E-state index in [1.54, 1.807) is 30.3 Å². The Morgan fingerprint density at radius 3 is 2.52 bits per heavy atom. The molecular formula is C24H19FN2O4. The molecule has 0 spiro atoms. The fourth-order valence-electron chi connectivity index (χ4n) is 4.61. The lowest BCUT2D eigenvalue weighted by Crippen LogP contribution is -2.30. The summed E-state index contributed by atoms with van der Waals surface area (Å²) in [7, 11) is 0. The van der Waals surface area contributed by atoms with Gasteiger partial charge in [-0.05, 0) is 48.1 Å². The normalized spacial score (nSPS) is 19.1. The Morgan fingerprint density at radius 1 is 1.00 bits per heavy atom. The molecule has 2 aromatic carbocycles. The van der Waals surface area contributed by atoms with Gasteiger partial charge in [0, 0.05) is 22.1 Å². The Morgan fingerprint density at radius 2 is 1.81 bits per heavy atom. The molecule has 31 heavy (non-hydrogen) atoms. The van der Waals surface area contributed by atoms with Gasteiger partial charge in [-0.3, -0.25) is 14.9 Å². The van der Waals surface area contributed by atoms with Crippen LogP contribution >= 0.6 is 0 Å². The number of nitrogens with one attached hydrogen (secondary N) is 2. The predicted molar refractivity (Wildman–Crippen MR) is 113 cm³/mol. The number of aromatic nitrogens is 1. The Bertz CT molecular complexity index is 1320. The number of allylic oxidation sites excluding steroid dienone is 1.